The first kappa shape index (κ1) is 21.8. The summed E-state index contributed by atoms with van der Waals surface area (Å²) in [5.41, 5.74) is 0.830. The van der Waals surface area contributed by atoms with Gasteiger partial charge in [-0.2, -0.15) is 0 Å². The average molecular weight is 426 g/mol. The molecule has 0 aliphatic rings. The number of aromatic nitrogens is 4. The molecule has 1 amide bonds. The third-order valence-corrected chi connectivity index (χ3v) is 5.33. The maximum atomic E-state index is 12.2. The summed E-state index contributed by atoms with van der Waals surface area (Å²) in [5.74, 6) is 2.31. The third-order valence-electron chi connectivity index (χ3n) is 4.36. The summed E-state index contributed by atoms with van der Waals surface area (Å²) >= 11 is 1.39. The second-order valence-corrected chi connectivity index (χ2v) is 8.16. The lowest BCUT2D eigenvalue weighted by molar-refractivity contribution is -0.118. The number of carbonyl (C=O) groups excluding carboxylic acids is 1. The fraction of sp³-hybridized carbons (Fsp3) is 0.364. The zero-order valence-electron chi connectivity index (χ0n) is 17.3. The van der Waals surface area contributed by atoms with Crippen LogP contribution < -0.4 is 10.1 Å². The van der Waals surface area contributed by atoms with E-state index >= 15 is 0 Å². The van der Waals surface area contributed by atoms with Crippen LogP contribution in [0.4, 0.5) is 0 Å². The van der Waals surface area contributed by atoms with Crippen LogP contribution in [0, 0.1) is 5.92 Å². The van der Waals surface area contributed by atoms with E-state index in [9.17, 15) is 4.79 Å². The van der Waals surface area contributed by atoms with Crippen LogP contribution in [0.2, 0.25) is 0 Å². The quantitative estimate of drug-likeness (QED) is 0.472. The molecule has 0 saturated carbocycles. The molecule has 30 heavy (non-hydrogen) atoms. The van der Waals surface area contributed by atoms with Gasteiger partial charge >= 0.3 is 0 Å². The van der Waals surface area contributed by atoms with Gasteiger partial charge in [0.2, 0.25) is 5.91 Å². The van der Waals surface area contributed by atoms with Crippen molar-refractivity contribution < 1.29 is 9.53 Å². The number of nitrogens with zero attached hydrogens (tertiary/aromatic N) is 4. The number of hydrogen-bond acceptors (Lipinski definition) is 6. The highest BCUT2D eigenvalue weighted by atomic mass is 32.2. The summed E-state index contributed by atoms with van der Waals surface area (Å²) < 4.78 is 7.90. The highest BCUT2D eigenvalue weighted by Gasteiger charge is 2.15. The first-order valence-electron chi connectivity index (χ1n) is 10.0. The van der Waals surface area contributed by atoms with Gasteiger partial charge in [0.1, 0.15) is 12.4 Å². The summed E-state index contributed by atoms with van der Waals surface area (Å²) in [7, 11) is 0. The van der Waals surface area contributed by atoms with E-state index < -0.39 is 0 Å². The second-order valence-electron chi connectivity index (χ2n) is 7.22. The molecule has 0 aliphatic heterocycles. The van der Waals surface area contributed by atoms with Crippen LogP contribution in [0.1, 0.15) is 31.8 Å². The smallest absolute Gasteiger partial charge is 0.230 e. The number of thioether (sulfide) groups is 1. The van der Waals surface area contributed by atoms with E-state index in [0.717, 1.165) is 35.4 Å². The predicted molar refractivity (Wildman–Crippen MR) is 117 cm³/mol. The Morgan fingerprint density at radius 1 is 1.13 bits per heavy atom. The minimum absolute atomic E-state index is 0.0638. The van der Waals surface area contributed by atoms with Crippen molar-refractivity contribution in [2.24, 2.45) is 5.92 Å². The van der Waals surface area contributed by atoms with Crippen LogP contribution in [0.15, 0.2) is 59.9 Å². The van der Waals surface area contributed by atoms with Crippen molar-refractivity contribution in [3.63, 3.8) is 0 Å². The Bertz CT molecular complexity index is 916. The molecular weight excluding hydrogens is 398 g/mol. The molecule has 0 saturated heterocycles. The van der Waals surface area contributed by atoms with Gasteiger partial charge in [-0.1, -0.05) is 49.9 Å². The Hall–Kier alpha value is -2.87. The zero-order valence-corrected chi connectivity index (χ0v) is 18.1. The van der Waals surface area contributed by atoms with Gasteiger partial charge in [-0.25, -0.2) is 0 Å². The fourth-order valence-corrected chi connectivity index (χ4v) is 3.50. The van der Waals surface area contributed by atoms with E-state index in [1.54, 1.807) is 6.20 Å². The number of pyridine rings is 1. The molecule has 0 atom stereocenters. The highest BCUT2D eigenvalue weighted by Crippen LogP contribution is 2.20. The molecule has 0 radical (unpaired) electrons. The number of hydrogen-bond donors (Lipinski definition) is 1. The lowest BCUT2D eigenvalue weighted by atomic mass is 10.1. The van der Waals surface area contributed by atoms with Gasteiger partial charge in [-0.05, 0) is 36.6 Å². The van der Waals surface area contributed by atoms with Crippen LogP contribution in [-0.4, -0.2) is 31.4 Å². The minimum Gasteiger partial charge on any atom is -0.486 e. The highest BCUT2D eigenvalue weighted by molar-refractivity contribution is 7.99. The SMILES string of the molecule is CC(C)CCn1c(COc2ccccc2)nnc1SCC(=O)NCc1ccccn1. The average Bonchev–Trinajstić information content (AvgIpc) is 3.16. The molecule has 1 aromatic carbocycles. The monoisotopic (exact) mass is 425 g/mol. The summed E-state index contributed by atoms with van der Waals surface area (Å²) in [6.45, 7) is 5.90. The van der Waals surface area contributed by atoms with Crippen LogP contribution in [0.25, 0.3) is 0 Å². The van der Waals surface area contributed by atoms with E-state index in [4.69, 9.17) is 4.74 Å². The molecule has 8 heteroatoms. The van der Waals surface area contributed by atoms with Gasteiger partial charge in [-0.15, -0.1) is 10.2 Å². The number of rotatable bonds is 11. The molecule has 2 heterocycles. The van der Waals surface area contributed by atoms with Gasteiger partial charge in [-0.3, -0.25) is 9.78 Å². The van der Waals surface area contributed by atoms with E-state index in [-0.39, 0.29) is 11.7 Å². The Morgan fingerprint density at radius 2 is 1.93 bits per heavy atom. The molecule has 0 spiro atoms. The Morgan fingerprint density at radius 3 is 2.67 bits per heavy atom. The molecule has 0 unspecified atom stereocenters. The van der Waals surface area contributed by atoms with Crippen molar-refractivity contribution in [1.82, 2.24) is 25.1 Å². The van der Waals surface area contributed by atoms with Crippen molar-refractivity contribution >= 4 is 17.7 Å². The van der Waals surface area contributed by atoms with Gasteiger partial charge in [0.05, 0.1) is 18.0 Å². The van der Waals surface area contributed by atoms with Gasteiger partial charge in [0, 0.05) is 12.7 Å². The topological polar surface area (TPSA) is 81.9 Å². The maximum Gasteiger partial charge on any atom is 0.230 e. The van der Waals surface area contributed by atoms with Crippen molar-refractivity contribution in [3.05, 3.63) is 66.2 Å². The number of amides is 1. The molecule has 2 aromatic heterocycles. The number of benzene rings is 1. The lowest BCUT2D eigenvalue weighted by Crippen LogP contribution is -2.25. The van der Waals surface area contributed by atoms with E-state index in [1.165, 1.54) is 11.8 Å². The second kappa shape index (κ2) is 11.3. The number of nitrogens with one attached hydrogen (secondary N) is 1. The summed E-state index contributed by atoms with van der Waals surface area (Å²) in [6, 6.07) is 15.3. The molecule has 0 fully saturated rings. The van der Waals surface area contributed by atoms with Crippen molar-refractivity contribution in [1.29, 1.82) is 0 Å². The Labute approximate surface area is 181 Å². The molecule has 158 valence electrons. The lowest BCUT2D eigenvalue weighted by Gasteiger charge is -2.12. The minimum atomic E-state index is -0.0638. The predicted octanol–water partition coefficient (Wildman–Crippen LogP) is 3.71. The summed E-state index contributed by atoms with van der Waals surface area (Å²) in [5, 5.41) is 12.2. The molecule has 7 nitrogen and oxygen atoms in total. The first-order valence-corrected chi connectivity index (χ1v) is 11.0. The van der Waals surface area contributed by atoms with Crippen LogP contribution >= 0.6 is 11.8 Å². The van der Waals surface area contributed by atoms with Crippen molar-refractivity contribution in [2.75, 3.05) is 5.75 Å². The summed E-state index contributed by atoms with van der Waals surface area (Å²) in [6.07, 6.45) is 2.71. The van der Waals surface area contributed by atoms with Crippen molar-refractivity contribution in [3.8, 4) is 5.75 Å². The van der Waals surface area contributed by atoms with Crippen LogP contribution in [0.5, 0.6) is 5.75 Å². The molecular formula is C22H27N5O2S. The van der Waals surface area contributed by atoms with Crippen LogP contribution in [0.3, 0.4) is 0 Å². The van der Waals surface area contributed by atoms with E-state index in [0.29, 0.717) is 19.1 Å². The van der Waals surface area contributed by atoms with Gasteiger partial charge in [0.15, 0.2) is 11.0 Å². The normalized spacial score (nSPS) is 10.9. The number of para-hydroxylation sites is 1. The first-order chi connectivity index (χ1) is 14.6. The third kappa shape index (κ3) is 6.88. The Balaban J connectivity index is 1.58. The van der Waals surface area contributed by atoms with E-state index in [1.807, 2.05) is 48.5 Å². The molecule has 3 aromatic rings. The fourth-order valence-electron chi connectivity index (χ4n) is 2.68. The summed E-state index contributed by atoms with van der Waals surface area (Å²) in [4.78, 5) is 16.5. The largest absolute Gasteiger partial charge is 0.486 e. The molecule has 3 rings (SSSR count). The number of carbonyl (C=O) groups is 1. The van der Waals surface area contributed by atoms with Crippen molar-refractivity contribution in [2.45, 2.75) is 45.1 Å². The standard InChI is InChI=1S/C22H27N5O2S/c1-17(2)11-13-27-20(15-29-19-9-4-3-5-10-19)25-26-22(27)30-16-21(28)24-14-18-8-6-7-12-23-18/h3-10,12,17H,11,13-16H2,1-2H3,(H,24,28). The van der Waals surface area contributed by atoms with Crippen LogP contribution in [-0.2, 0) is 24.5 Å². The van der Waals surface area contributed by atoms with E-state index in [2.05, 4.69) is 38.9 Å². The van der Waals surface area contributed by atoms with Gasteiger partial charge in [0.25, 0.3) is 0 Å². The number of ether oxygens (including phenoxy) is 1. The maximum absolute atomic E-state index is 12.2. The Kier molecular flexibility index (Phi) is 8.26. The molecule has 0 aliphatic carbocycles. The zero-order chi connectivity index (χ0) is 21.2. The van der Waals surface area contributed by atoms with Gasteiger partial charge < -0.3 is 14.6 Å². The molecule has 0 bridgehead atoms. The molecule has 1 N–H and O–H groups in total.